The van der Waals surface area contributed by atoms with Gasteiger partial charge in [0.15, 0.2) is 11.5 Å². The molecular weight excluding hydrogens is 242 g/mol. The summed E-state index contributed by atoms with van der Waals surface area (Å²) < 4.78 is 1.48. The van der Waals surface area contributed by atoms with E-state index in [4.69, 9.17) is 5.73 Å². The normalized spacial score (nSPS) is 23.7. The third-order valence-corrected chi connectivity index (χ3v) is 3.87. The van der Waals surface area contributed by atoms with Crippen LogP contribution in [-0.2, 0) is 0 Å². The fraction of sp³-hybridized carbons (Fsp3) is 0.667. The van der Waals surface area contributed by atoms with E-state index in [2.05, 4.69) is 32.4 Å². The molecule has 1 aliphatic carbocycles. The van der Waals surface area contributed by atoms with Gasteiger partial charge in [-0.25, -0.2) is 0 Å². The number of anilines is 1. The van der Waals surface area contributed by atoms with Crippen LogP contribution >= 0.6 is 0 Å². The number of tetrazole rings is 1. The van der Waals surface area contributed by atoms with Crippen LogP contribution in [0.3, 0.4) is 0 Å². The third-order valence-electron chi connectivity index (χ3n) is 3.87. The Kier molecular flexibility index (Phi) is 3.29. The second-order valence-corrected chi connectivity index (χ2v) is 5.07. The quantitative estimate of drug-likeness (QED) is 0.871. The average molecular weight is 261 g/mol. The predicted octanol–water partition coefficient (Wildman–Crippen LogP) is 0.615. The van der Waals surface area contributed by atoms with Crippen LogP contribution in [0.25, 0.3) is 5.65 Å². The molecule has 3 rings (SSSR count). The van der Waals surface area contributed by atoms with Crippen molar-refractivity contribution in [3.8, 4) is 0 Å². The molecule has 7 heteroatoms. The molecule has 19 heavy (non-hydrogen) atoms. The molecule has 1 aliphatic rings. The van der Waals surface area contributed by atoms with Crippen LogP contribution in [0.5, 0.6) is 0 Å². The van der Waals surface area contributed by atoms with Gasteiger partial charge in [0, 0.05) is 18.6 Å². The van der Waals surface area contributed by atoms with Gasteiger partial charge in [-0.15, -0.1) is 14.8 Å². The molecule has 0 saturated heterocycles. The summed E-state index contributed by atoms with van der Waals surface area (Å²) in [6.45, 7) is 3.08. The maximum Gasteiger partial charge on any atom is 0.200 e. The molecule has 0 atom stereocenters. The highest BCUT2D eigenvalue weighted by Crippen LogP contribution is 2.25. The summed E-state index contributed by atoms with van der Waals surface area (Å²) >= 11 is 0. The molecule has 0 bridgehead atoms. The van der Waals surface area contributed by atoms with Gasteiger partial charge in [0.25, 0.3) is 0 Å². The van der Waals surface area contributed by atoms with E-state index in [0.29, 0.717) is 17.7 Å². The van der Waals surface area contributed by atoms with Gasteiger partial charge in [-0.3, -0.25) is 0 Å². The highest BCUT2D eigenvalue weighted by atomic mass is 15.6. The molecule has 2 aromatic heterocycles. The Hall–Kier alpha value is -1.76. The van der Waals surface area contributed by atoms with E-state index >= 15 is 0 Å². The minimum atomic E-state index is 0.366. The van der Waals surface area contributed by atoms with Gasteiger partial charge in [-0.1, -0.05) is 0 Å². The number of fused-ring (bicyclic) bond motifs is 1. The number of nitrogens with two attached hydrogens (primary N) is 1. The van der Waals surface area contributed by atoms with E-state index in [1.54, 1.807) is 0 Å². The molecule has 2 N–H and O–H groups in total. The maximum absolute atomic E-state index is 5.97. The summed E-state index contributed by atoms with van der Waals surface area (Å²) in [6, 6.07) is 4.78. The molecule has 0 aromatic carbocycles. The van der Waals surface area contributed by atoms with Crippen LogP contribution in [0.2, 0.25) is 0 Å². The van der Waals surface area contributed by atoms with Crippen molar-refractivity contribution in [3.63, 3.8) is 0 Å². The minimum Gasteiger partial charge on any atom is -0.352 e. The lowest BCUT2D eigenvalue weighted by Gasteiger charge is -2.36. The highest BCUT2D eigenvalue weighted by Gasteiger charge is 2.24. The zero-order valence-electron chi connectivity index (χ0n) is 11.1. The van der Waals surface area contributed by atoms with Crippen LogP contribution < -0.4 is 10.6 Å². The highest BCUT2D eigenvalue weighted by molar-refractivity contribution is 5.45. The van der Waals surface area contributed by atoms with Gasteiger partial charge in [-0.05, 0) is 55.2 Å². The molecule has 2 heterocycles. The molecule has 1 fully saturated rings. The SMILES string of the molecule is CCN(c1ccc2nnnn2n1)C1CCC(N)CC1. The van der Waals surface area contributed by atoms with Crippen molar-refractivity contribution < 1.29 is 0 Å². The summed E-state index contributed by atoms with van der Waals surface area (Å²) in [6.07, 6.45) is 4.44. The molecular formula is C12H19N7. The number of hydrogen-bond donors (Lipinski definition) is 1. The molecule has 0 radical (unpaired) electrons. The van der Waals surface area contributed by atoms with Crippen LogP contribution in [0.4, 0.5) is 5.82 Å². The summed E-state index contributed by atoms with van der Waals surface area (Å²) in [5, 5.41) is 15.8. The number of rotatable bonds is 3. The standard InChI is InChI=1S/C12H19N7/c1-2-18(10-5-3-9(13)4-6-10)12-8-7-11-14-16-17-19(11)15-12/h7-10H,2-6,13H2,1H3. The van der Waals surface area contributed by atoms with Crippen LogP contribution in [-0.4, -0.2) is 43.9 Å². The van der Waals surface area contributed by atoms with E-state index in [1.165, 1.54) is 4.63 Å². The van der Waals surface area contributed by atoms with Crippen molar-refractivity contribution in [2.45, 2.75) is 44.7 Å². The van der Waals surface area contributed by atoms with Gasteiger partial charge < -0.3 is 10.6 Å². The Balaban J connectivity index is 1.84. The second-order valence-electron chi connectivity index (χ2n) is 5.07. The molecule has 1 saturated carbocycles. The predicted molar refractivity (Wildman–Crippen MR) is 71.8 cm³/mol. The molecule has 0 spiro atoms. The summed E-state index contributed by atoms with van der Waals surface area (Å²) in [7, 11) is 0. The first-order valence-corrected chi connectivity index (χ1v) is 6.85. The van der Waals surface area contributed by atoms with Gasteiger partial charge in [-0.2, -0.15) is 0 Å². The lowest BCUT2D eigenvalue weighted by Crippen LogP contribution is -2.41. The molecule has 0 aliphatic heterocycles. The average Bonchev–Trinajstić information content (AvgIpc) is 2.89. The number of nitrogens with zero attached hydrogens (tertiary/aromatic N) is 6. The summed E-state index contributed by atoms with van der Waals surface area (Å²) in [4.78, 5) is 2.33. The summed E-state index contributed by atoms with van der Waals surface area (Å²) in [5.41, 5.74) is 6.64. The van der Waals surface area contributed by atoms with Crippen LogP contribution in [0, 0.1) is 0 Å². The molecule has 7 nitrogen and oxygen atoms in total. The van der Waals surface area contributed by atoms with Crippen molar-refractivity contribution in [2.24, 2.45) is 5.73 Å². The molecule has 0 unspecified atom stereocenters. The first kappa shape index (κ1) is 12.3. The Bertz CT molecular complexity index is 544. The van der Waals surface area contributed by atoms with Crippen molar-refractivity contribution in [1.29, 1.82) is 0 Å². The summed E-state index contributed by atoms with van der Waals surface area (Å²) in [5.74, 6) is 0.933. The number of aromatic nitrogens is 5. The topological polar surface area (TPSA) is 85.2 Å². The van der Waals surface area contributed by atoms with Crippen molar-refractivity contribution in [1.82, 2.24) is 25.3 Å². The second kappa shape index (κ2) is 5.08. The smallest absolute Gasteiger partial charge is 0.200 e. The zero-order chi connectivity index (χ0) is 13.2. The fourth-order valence-electron chi connectivity index (χ4n) is 2.81. The van der Waals surface area contributed by atoms with Crippen LogP contribution in [0.1, 0.15) is 32.6 Å². The van der Waals surface area contributed by atoms with E-state index in [-0.39, 0.29) is 0 Å². The Morgan fingerprint density at radius 3 is 2.84 bits per heavy atom. The van der Waals surface area contributed by atoms with Gasteiger partial charge in [0.1, 0.15) is 0 Å². The third kappa shape index (κ3) is 2.37. The molecule has 2 aromatic rings. The Morgan fingerprint density at radius 2 is 2.11 bits per heavy atom. The van der Waals surface area contributed by atoms with Crippen molar-refractivity contribution in [3.05, 3.63) is 12.1 Å². The van der Waals surface area contributed by atoms with Crippen molar-refractivity contribution >= 4 is 11.5 Å². The molecule has 0 amide bonds. The first-order valence-electron chi connectivity index (χ1n) is 6.85. The van der Waals surface area contributed by atoms with E-state index in [1.807, 2.05) is 12.1 Å². The monoisotopic (exact) mass is 261 g/mol. The van der Waals surface area contributed by atoms with E-state index in [0.717, 1.165) is 38.0 Å². The Labute approximate surface area is 111 Å². The van der Waals surface area contributed by atoms with E-state index < -0.39 is 0 Å². The Morgan fingerprint density at radius 1 is 1.32 bits per heavy atom. The zero-order valence-corrected chi connectivity index (χ0v) is 11.1. The fourth-order valence-corrected chi connectivity index (χ4v) is 2.81. The van der Waals surface area contributed by atoms with Gasteiger partial charge in [0.05, 0.1) is 0 Å². The molecule has 102 valence electrons. The minimum absolute atomic E-state index is 0.366. The van der Waals surface area contributed by atoms with E-state index in [9.17, 15) is 0 Å². The first-order chi connectivity index (χ1) is 9.28. The largest absolute Gasteiger partial charge is 0.352 e. The lowest BCUT2D eigenvalue weighted by molar-refractivity contribution is 0.376. The van der Waals surface area contributed by atoms with Gasteiger partial charge >= 0.3 is 0 Å². The number of hydrogen-bond acceptors (Lipinski definition) is 6. The lowest BCUT2D eigenvalue weighted by atomic mass is 9.91. The maximum atomic E-state index is 5.97. The van der Waals surface area contributed by atoms with Gasteiger partial charge in [0.2, 0.25) is 0 Å². The van der Waals surface area contributed by atoms with Crippen molar-refractivity contribution in [2.75, 3.05) is 11.4 Å². The van der Waals surface area contributed by atoms with Crippen LogP contribution in [0.15, 0.2) is 12.1 Å².